The minimum atomic E-state index is -1.72. The molecule has 4 aromatic carbocycles. The van der Waals surface area contributed by atoms with Gasteiger partial charge < -0.3 is 24.6 Å². The number of carbonyl (C=O) groups is 2. The molecular weight excluding hydrogens is 605 g/mol. The molecule has 7 rings (SSSR count). The van der Waals surface area contributed by atoms with Crippen LogP contribution in [0.3, 0.4) is 0 Å². The van der Waals surface area contributed by atoms with Gasteiger partial charge in [-0.25, -0.2) is 0 Å². The van der Waals surface area contributed by atoms with Crippen LogP contribution in [0.1, 0.15) is 30.4 Å². The number of rotatable bonds is 10. The predicted molar refractivity (Wildman–Crippen MR) is 184 cm³/mol. The monoisotopic (exact) mass is 641 g/mol. The third kappa shape index (κ3) is 6.20. The van der Waals surface area contributed by atoms with Gasteiger partial charge in [0.05, 0.1) is 30.2 Å². The molecule has 3 aliphatic rings. The summed E-state index contributed by atoms with van der Waals surface area (Å²) >= 11 is 0. The molecule has 8 nitrogen and oxygen atoms in total. The van der Waals surface area contributed by atoms with Crippen molar-refractivity contribution in [2.45, 2.75) is 25.4 Å². The van der Waals surface area contributed by atoms with E-state index >= 15 is 0 Å². The number of nitrogens with zero attached hydrogens (tertiary/aromatic N) is 1. The van der Waals surface area contributed by atoms with E-state index in [4.69, 9.17) is 9.47 Å². The summed E-state index contributed by atoms with van der Waals surface area (Å²) in [4.78, 5) is 29.2. The van der Waals surface area contributed by atoms with Crippen LogP contribution in [0.5, 0.6) is 11.5 Å². The number of ether oxygens (including phenoxy) is 2. The average molecular weight is 642 g/mol. The van der Waals surface area contributed by atoms with E-state index in [2.05, 4.69) is 12.1 Å². The van der Waals surface area contributed by atoms with Gasteiger partial charge in [0.2, 0.25) is 11.8 Å². The quantitative estimate of drug-likeness (QED) is 0.0967. The van der Waals surface area contributed by atoms with E-state index in [0.29, 0.717) is 37.3 Å². The van der Waals surface area contributed by atoms with Crippen molar-refractivity contribution in [3.63, 3.8) is 0 Å². The smallest absolute Gasteiger partial charge is 0.488 e. The molecule has 0 radical (unpaired) electrons. The molecule has 0 unspecified atom stereocenters. The lowest BCUT2D eigenvalue weighted by Gasteiger charge is -2.31. The average Bonchev–Trinajstić information content (AvgIpc) is 3.64. The molecule has 0 spiro atoms. The third-order valence-electron chi connectivity index (χ3n) is 9.68. The first kappa shape index (κ1) is 31.6. The highest BCUT2D eigenvalue weighted by Crippen LogP contribution is 2.50. The molecule has 48 heavy (non-hydrogen) atoms. The molecule has 2 aliphatic heterocycles. The Balaban J connectivity index is 1.20. The number of aromatic hydroxyl groups is 1. The summed E-state index contributed by atoms with van der Waals surface area (Å²) in [7, 11) is -1.72. The topological polar surface area (TPSA) is 117 Å². The van der Waals surface area contributed by atoms with Crippen LogP contribution in [0.2, 0.25) is 0 Å². The molecule has 4 atom stereocenters. The van der Waals surface area contributed by atoms with Crippen molar-refractivity contribution in [2.75, 3.05) is 18.1 Å². The minimum absolute atomic E-state index is 0.203. The Hall–Kier alpha value is -4.96. The number of benzene rings is 4. The fraction of sp³-hybridized carbons (Fsp3) is 0.231. The second-order valence-electron chi connectivity index (χ2n) is 12.5. The number of para-hydroxylation sites is 2. The fourth-order valence-corrected chi connectivity index (χ4v) is 7.41. The van der Waals surface area contributed by atoms with Crippen LogP contribution in [0.15, 0.2) is 120 Å². The second kappa shape index (κ2) is 13.6. The number of phenolic OH excluding ortho intramolecular Hbond substituents is 1. The zero-order chi connectivity index (χ0) is 33.2. The molecule has 2 fully saturated rings. The van der Waals surface area contributed by atoms with Gasteiger partial charge in [-0.15, -0.1) is 0 Å². The van der Waals surface area contributed by atoms with E-state index in [9.17, 15) is 24.7 Å². The summed E-state index contributed by atoms with van der Waals surface area (Å²) in [6, 6.07) is 33.1. The van der Waals surface area contributed by atoms with Crippen LogP contribution in [0.4, 0.5) is 5.69 Å². The van der Waals surface area contributed by atoms with Gasteiger partial charge >= 0.3 is 7.12 Å². The van der Waals surface area contributed by atoms with E-state index in [1.807, 2.05) is 66.7 Å². The second-order valence-corrected chi connectivity index (χ2v) is 12.5. The van der Waals surface area contributed by atoms with E-state index in [-0.39, 0.29) is 41.7 Å². The van der Waals surface area contributed by atoms with Crippen molar-refractivity contribution in [1.82, 2.24) is 0 Å². The van der Waals surface area contributed by atoms with Crippen LogP contribution < -0.4 is 15.1 Å². The summed E-state index contributed by atoms with van der Waals surface area (Å²) < 4.78 is 12.7. The van der Waals surface area contributed by atoms with Crippen molar-refractivity contribution in [3.8, 4) is 11.5 Å². The Morgan fingerprint density at radius 2 is 1.60 bits per heavy atom. The predicted octanol–water partition coefficient (Wildman–Crippen LogP) is 4.99. The molecule has 3 N–H and O–H groups in total. The van der Waals surface area contributed by atoms with E-state index in [1.54, 1.807) is 24.3 Å². The number of anilines is 1. The number of amides is 2. The van der Waals surface area contributed by atoms with Crippen LogP contribution in [0.25, 0.3) is 11.6 Å². The summed E-state index contributed by atoms with van der Waals surface area (Å²) in [5, 5.41) is 30.0. The van der Waals surface area contributed by atoms with Gasteiger partial charge in [0.1, 0.15) is 18.1 Å². The number of phenols is 1. The number of fused-ring (bicyclic) bond motifs is 3. The minimum Gasteiger partial charge on any atom is -0.507 e. The summed E-state index contributed by atoms with van der Waals surface area (Å²) in [5.41, 5.74) is 5.35. The van der Waals surface area contributed by atoms with Gasteiger partial charge in [-0.2, -0.15) is 0 Å². The largest absolute Gasteiger partial charge is 0.507 e. The van der Waals surface area contributed by atoms with Crippen molar-refractivity contribution in [3.05, 3.63) is 131 Å². The molecule has 0 aromatic heterocycles. The number of hydrogen-bond donors (Lipinski definition) is 3. The van der Waals surface area contributed by atoms with Gasteiger partial charge in [-0.05, 0) is 83.4 Å². The van der Waals surface area contributed by atoms with Crippen LogP contribution in [-0.4, -0.2) is 53.4 Å². The molecule has 0 bridgehead atoms. The van der Waals surface area contributed by atoms with Crippen LogP contribution in [-0.2, 0) is 14.3 Å². The van der Waals surface area contributed by atoms with Crippen LogP contribution in [0, 0.1) is 17.8 Å². The lowest BCUT2D eigenvalue weighted by Crippen LogP contribution is -2.36. The first-order valence-corrected chi connectivity index (χ1v) is 16.3. The first-order chi connectivity index (χ1) is 23.4. The number of imide groups is 1. The highest BCUT2D eigenvalue weighted by atomic mass is 16.5. The van der Waals surface area contributed by atoms with Gasteiger partial charge in [0.25, 0.3) is 0 Å². The molecular formula is C39H36BNO7. The molecule has 2 saturated heterocycles. The maximum Gasteiger partial charge on any atom is 0.488 e. The molecule has 4 aromatic rings. The zero-order valence-corrected chi connectivity index (χ0v) is 26.3. The van der Waals surface area contributed by atoms with Crippen molar-refractivity contribution in [2.24, 2.45) is 17.8 Å². The summed E-state index contributed by atoms with van der Waals surface area (Å²) in [6.45, 7) is 0.577. The van der Waals surface area contributed by atoms with Crippen LogP contribution >= 0.6 is 0 Å². The molecule has 2 amide bonds. The highest BCUT2D eigenvalue weighted by molar-refractivity contribution is 6.58. The Morgan fingerprint density at radius 3 is 2.35 bits per heavy atom. The van der Waals surface area contributed by atoms with E-state index in [0.717, 1.165) is 27.8 Å². The van der Waals surface area contributed by atoms with Crippen molar-refractivity contribution >= 4 is 41.7 Å². The van der Waals surface area contributed by atoms with Crippen molar-refractivity contribution < 1.29 is 34.2 Å². The first-order valence-electron chi connectivity index (χ1n) is 16.3. The number of hydrogen-bond acceptors (Lipinski definition) is 7. The Bertz CT molecular complexity index is 1870. The maximum absolute atomic E-state index is 14.1. The lowest BCUT2D eigenvalue weighted by molar-refractivity contribution is -0.122. The number of allylic oxidation sites excluding steroid dienone is 1. The maximum atomic E-state index is 14.1. The van der Waals surface area contributed by atoms with Gasteiger partial charge in [0.15, 0.2) is 0 Å². The highest BCUT2D eigenvalue weighted by Gasteiger charge is 2.57. The lowest BCUT2D eigenvalue weighted by atomic mass is 9.69. The SMILES string of the molecule is O=C1[C@@H]2[C@@H](CC(COc3ccccc3)=C3[C@@H](CC/C(=C/c4ccccc4O)c4ccccc4)OC[C@@H]32)C(=O)N1c1cccc(B(O)O)c1. The Morgan fingerprint density at radius 1 is 0.875 bits per heavy atom. The van der Waals surface area contributed by atoms with Gasteiger partial charge in [-0.3, -0.25) is 14.5 Å². The molecule has 242 valence electrons. The molecule has 0 saturated carbocycles. The Labute approximate surface area is 279 Å². The van der Waals surface area contributed by atoms with Gasteiger partial charge in [0, 0.05) is 11.5 Å². The normalized spacial score (nSPS) is 22.1. The zero-order valence-electron chi connectivity index (χ0n) is 26.3. The third-order valence-corrected chi connectivity index (χ3v) is 9.68. The van der Waals surface area contributed by atoms with Gasteiger partial charge in [-0.1, -0.05) is 78.9 Å². The molecule has 2 heterocycles. The molecule has 9 heteroatoms. The standard InChI is InChI=1S/C39H36BNO7/c42-34-17-8-7-12-27(34)20-26(25-10-3-1-4-11-25)18-19-35-36-28(23-47-31-15-5-2-6-16-31)21-32-37(33(36)24-48-35)39(44)41(38(32)43)30-14-9-13-29(22-30)40(45)46/h1-17,20,22,32-33,35,37,42,45-46H,18-19,21,23-24H2/b26-20-/t32-,33+,35-,37-/m1/s1. The van der Waals surface area contributed by atoms with E-state index in [1.165, 1.54) is 17.0 Å². The number of carbonyl (C=O) groups excluding carboxylic acids is 2. The summed E-state index contributed by atoms with van der Waals surface area (Å²) in [6.07, 6.45) is 3.37. The Kier molecular flexibility index (Phi) is 8.99. The summed E-state index contributed by atoms with van der Waals surface area (Å²) in [5.74, 6) is -1.14. The van der Waals surface area contributed by atoms with E-state index < -0.39 is 19.0 Å². The molecule has 1 aliphatic carbocycles. The van der Waals surface area contributed by atoms with Crippen molar-refractivity contribution in [1.29, 1.82) is 0 Å². The fourth-order valence-electron chi connectivity index (χ4n) is 7.41.